The molecular formula is C15H18ClNO2. The van der Waals surface area contributed by atoms with Crippen LogP contribution in [0, 0.1) is 13.8 Å². The van der Waals surface area contributed by atoms with E-state index in [-0.39, 0.29) is 11.8 Å². The Hall–Kier alpha value is -1.45. The molecule has 2 N–H and O–H groups in total. The lowest BCUT2D eigenvalue weighted by Gasteiger charge is -2.14. The average molecular weight is 280 g/mol. The first-order valence-electron chi connectivity index (χ1n) is 6.25. The van der Waals surface area contributed by atoms with E-state index < -0.39 is 0 Å². The Kier molecular flexibility index (Phi) is 4.17. The summed E-state index contributed by atoms with van der Waals surface area (Å²) in [6.07, 6.45) is 0. The Labute approximate surface area is 118 Å². The second-order valence-corrected chi connectivity index (χ2v) is 5.13. The molecule has 0 saturated carbocycles. The highest BCUT2D eigenvalue weighted by molar-refractivity contribution is 6.32. The number of benzene rings is 1. The number of halogens is 1. The molecule has 0 amide bonds. The number of aromatic hydroxyl groups is 1. The summed E-state index contributed by atoms with van der Waals surface area (Å²) in [5, 5.41) is 13.6. The molecule has 1 unspecified atom stereocenters. The Bertz CT molecular complexity index is 578. The van der Waals surface area contributed by atoms with Crippen LogP contribution in [0.5, 0.6) is 5.75 Å². The minimum absolute atomic E-state index is 0.143. The third kappa shape index (κ3) is 3.11. The number of phenolic OH excluding ortho intramolecular Hbond substituents is 1. The Morgan fingerprint density at radius 2 is 2.11 bits per heavy atom. The highest BCUT2D eigenvalue weighted by Gasteiger charge is 2.13. The van der Waals surface area contributed by atoms with Crippen molar-refractivity contribution >= 4 is 11.6 Å². The fraction of sp³-hybridized carbons (Fsp3) is 0.333. The standard InChI is InChI=1S/C15H18ClNO2/c1-9-7-13(11(3)19-9)10(2)17-8-12-5-4-6-14(16)15(12)18/h4-7,10,17-18H,8H2,1-3H3. The minimum Gasteiger partial charge on any atom is -0.506 e. The van der Waals surface area contributed by atoms with Gasteiger partial charge in [0.25, 0.3) is 0 Å². The quantitative estimate of drug-likeness (QED) is 0.885. The van der Waals surface area contributed by atoms with E-state index in [9.17, 15) is 5.11 Å². The van der Waals surface area contributed by atoms with Crippen LogP contribution >= 0.6 is 11.6 Å². The topological polar surface area (TPSA) is 45.4 Å². The van der Waals surface area contributed by atoms with Crippen LogP contribution in [0.25, 0.3) is 0 Å². The summed E-state index contributed by atoms with van der Waals surface area (Å²) in [4.78, 5) is 0. The normalized spacial score (nSPS) is 12.6. The van der Waals surface area contributed by atoms with E-state index in [1.807, 2.05) is 32.0 Å². The van der Waals surface area contributed by atoms with Gasteiger partial charge in [-0.3, -0.25) is 0 Å². The van der Waals surface area contributed by atoms with Crippen molar-refractivity contribution in [2.75, 3.05) is 0 Å². The van der Waals surface area contributed by atoms with Gasteiger partial charge in [0.2, 0.25) is 0 Å². The number of phenols is 1. The van der Waals surface area contributed by atoms with Gasteiger partial charge in [-0.25, -0.2) is 0 Å². The maximum atomic E-state index is 9.85. The molecule has 0 saturated heterocycles. The summed E-state index contributed by atoms with van der Waals surface area (Å²) in [6, 6.07) is 7.54. The summed E-state index contributed by atoms with van der Waals surface area (Å²) in [5.74, 6) is 1.98. The van der Waals surface area contributed by atoms with Crippen molar-refractivity contribution in [2.45, 2.75) is 33.4 Å². The summed E-state index contributed by atoms with van der Waals surface area (Å²) in [7, 11) is 0. The third-order valence-electron chi connectivity index (χ3n) is 3.21. The van der Waals surface area contributed by atoms with Crippen molar-refractivity contribution < 1.29 is 9.52 Å². The van der Waals surface area contributed by atoms with E-state index >= 15 is 0 Å². The van der Waals surface area contributed by atoms with Gasteiger partial charge in [-0.15, -0.1) is 0 Å². The van der Waals surface area contributed by atoms with E-state index in [2.05, 4.69) is 12.2 Å². The first kappa shape index (κ1) is 14.0. The van der Waals surface area contributed by atoms with Crippen molar-refractivity contribution in [3.63, 3.8) is 0 Å². The second kappa shape index (κ2) is 5.68. The van der Waals surface area contributed by atoms with Crippen LogP contribution < -0.4 is 5.32 Å². The van der Waals surface area contributed by atoms with Gasteiger partial charge in [0.05, 0.1) is 5.02 Å². The smallest absolute Gasteiger partial charge is 0.138 e. The van der Waals surface area contributed by atoms with Gasteiger partial charge in [0, 0.05) is 23.7 Å². The number of hydrogen-bond acceptors (Lipinski definition) is 3. The van der Waals surface area contributed by atoms with E-state index in [4.69, 9.17) is 16.0 Å². The highest BCUT2D eigenvalue weighted by Crippen LogP contribution is 2.28. The molecule has 4 heteroatoms. The molecule has 2 aromatic rings. The van der Waals surface area contributed by atoms with Gasteiger partial charge >= 0.3 is 0 Å². The van der Waals surface area contributed by atoms with Crippen molar-refractivity contribution in [2.24, 2.45) is 0 Å². The van der Waals surface area contributed by atoms with Crippen LogP contribution in [0.3, 0.4) is 0 Å². The molecule has 0 fully saturated rings. The Morgan fingerprint density at radius 3 is 2.74 bits per heavy atom. The lowest BCUT2D eigenvalue weighted by atomic mass is 10.1. The predicted octanol–water partition coefficient (Wildman–Crippen LogP) is 4.11. The summed E-state index contributed by atoms with van der Waals surface area (Å²) in [6.45, 7) is 6.51. The predicted molar refractivity (Wildman–Crippen MR) is 76.6 cm³/mol. The third-order valence-corrected chi connectivity index (χ3v) is 3.52. The molecule has 3 nitrogen and oxygen atoms in total. The number of aryl methyl sites for hydroxylation is 2. The first-order valence-corrected chi connectivity index (χ1v) is 6.63. The van der Waals surface area contributed by atoms with Gasteiger partial charge in [-0.1, -0.05) is 23.7 Å². The SMILES string of the molecule is Cc1cc(C(C)NCc2cccc(Cl)c2O)c(C)o1. The number of nitrogens with one attached hydrogen (secondary N) is 1. The summed E-state index contributed by atoms with van der Waals surface area (Å²) < 4.78 is 5.52. The molecule has 1 aromatic carbocycles. The lowest BCUT2D eigenvalue weighted by Crippen LogP contribution is -2.18. The van der Waals surface area contributed by atoms with Crippen molar-refractivity contribution in [3.8, 4) is 5.75 Å². The van der Waals surface area contributed by atoms with E-state index in [0.717, 1.165) is 22.6 Å². The lowest BCUT2D eigenvalue weighted by molar-refractivity contribution is 0.458. The number of rotatable bonds is 4. The van der Waals surface area contributed by atoms with Gasteiger partial charge in [-0.2, -0.15) is 0 Å². The fourth-order valence-corrected chi connectivity index (χ4v) is 2.35. The average Bonchev–Trinajstić information content (AvgIpc) is 2.70. The first-order chi connectivity index (χ1) is 8.99. The van der Waals surface area contributed by atoms with Crippen LogP contribution in [0.2, 0.25) is 5.02 Å². The molecule has 0 aliphatic carbocycles. The minimum atomic E-state index is 0.143. The molecule has 1 aromatic heterocycles. The highest BCUT2D eigenvalue weighted by atomic mass is 35.5. The maximum Gasteiger partial charge on any atom is 0.138 e. The van der Waals surface area contributed by atoms with Crippen molar-refractivity contribution in [3.05, 3.63) is 51.9 Å². The zero-order chi connectivity index (χ0) is 14.0. The number of hydrogen-bond donors (Lipinski definition) is 2. The zero-order valence-corrected chi connectivity index (χ0v) is 12.1. The van der Waals surface area contributed by atoms with Gasteiger partial charge in [0.1, 0.15) is 17.3 Å². The van der Waals surface area contributed by atoms with Gasteiger partial charge < -0.3 is 14.8 Å². The Balaban J connectivity index is 2.06. The fourth-order valence-electron chi connectivity index (χ4n) is 2.16. The van der Waals surface area contributed by atoms with E-state index in [1.54, 1.807) is 6.07 Å². The zero-order valence-electron chi connectivity index (χ0n) is 11.3. The molecule has 1 atom stereocenters. The molecule has 0 aliphatic rings. The molecule has 2 rings (SSSR count). The molecule has 0 radical (unpaired) electrons. The number of furan rings is 1. The monoisotopic (exact) mass is 279 g/mol. The van der Waals surface area contributed by atoms with Gasteiger partial charge in [0.15, 0.2) is 0 Å². The summed E-state index contributed by atoms with van der Waals surface area (Å²) >= 11 is 5.88. The largest absolute Gasteiger partial charge is 0.506 e. The Morgan fingerprint density at radius 1 is 1.37 bits per heavy atom. The summed E-state index contributed by atoms with van der Waals surface area (Å²) in [5.41, 5.74) is 1.93. The second-order valence-electron chi connectivity index (χ2n) is 4.72. The molecule has 0 bridgehead atoms. The molecule has 19 heavy (non-hydrogen) atoms. The molecule has 0 spiro atoms. The maximum absolute atomic E-state index is 9.85. The molecule has 1 heterocycles. The number of para-hydroxylation sites is 1. The van der Waals surface area contributed by atoms with Crippen LogP contribution in [-0.2, 0) is 6.54 Å². The van der Waals surface area contributed by atoms with Crippen molar-refractivity contribution in [1.82, 2.24) is 5.32 Å². The van der Waals surface area contributed by atoms with Crippen molar-refractivity contribution in [1.29, 1.82) is 0 Å². The molecule has 102 valence electrons. The van der Waals surface area contributed by atoms with Crippen LogP contribution in [0.4, 0.5) is 0 Å². The van der Waals surface area contributed by atoms with Crippen LogP contribution in [-0.4, -0.2) is 5.11 Å². The van der Waals surface area contributed by atoms with Crippen LogP contribution in [0.1, 0.15) is 35.6 Å². The van der Waals surface area contributed by atoms with Crippen LogP contribution in [0.15, 0.2) is 28.7 Å². The molecular weight excluding hydrogens is 262 g/mol. The van der Waals surface area contributed by atoms with E-state index in [0.29, 0.717) is 11.6 Å². The molecule has 0 aliphatic heterocycles. The van der Waals surface area contributed by atoms with Gasteiger partial charge in [-0.05, 0) is 32.9 Å². The van der Waals surface area contributed by atoms with E-state index in [1.165, 1.54) is 0 Å².